The number of allylic oxidation sites excluding steroid dienone is 1. The normalized spacial score (nSPS) is 15.1. The van der Waals surface area contributed by atoms with E-state index in [4.69, 9.17) is 0 Å². The molecule has 0 saturated heterocycles. The summed E-state index contributed by atoms with van der Waals surface area (Å²) in [5, 5.41) is 34.1. The quantitative estimate of drug-likeness (QED) is 0.119. The predicted molar refractivity (Wildman–Crippen MR) is 139 cm³/mol. The predicted octanol–water partition coefficient (Wildman–Crippen LogP) is 4.09. The molecule has 0 fully saturated rings. The second-order valence-corrected chi connectivity index (χ2v) is 9.87. The van der Waals surface area contributed by atoms with Crippen molar-refractivity contribution in [3.05, 3.63) is 12.2 Å². The largest absolute Gasteiger partial charge is 0.480 e. The maximum atomic E-state index is 12.2. The summed E-state index contributed by atoms with van der Waals surface area (Å²) < 4.78 is 0. The highest BCUT2D eigenvalue weighted by Gasteiger charge is 2.31. The summed E-state index contributed by atoms with van der Waals surface area (Å²) in [5.74, 6) is -2.54. The number of aliphatic hydroxyl groups excluding tert-OH is 2. The molecule has 2 amide bonds. The zero-order valence-corrected chi connectivity index (χ0v) is 22.3. The van der Waals surface area contributed by atoms with Gasteiger partial charge in [-0.05, 0) is 44.9 Å². The lowest BCUT2D eigenvalue weighted by Gasteiger charge is -2.24. The van der Waals surface area contributed by atoms with Gasteiger partial charge in [-0.2, -0.15) is 0 Å². The molecule has 2 unspecified atom stereocenters. The Morgan fingerprint density at radius 2 is 1.46 bits per heavy atom. The molecule has 35 heavy (non-hydrogen) atoms. The Bertz CT molecular complexity index is 623. The SMILES string of the molecule is CCCCCC[C@@H](O)C/C=C\CCCCCCCC(=O)NC(C)C(=O)N[C@H](C(=O)O)C(O)C(C)C. The number of carboxylic acid groups (broad SMARTS) is 1. The molecule has 0 aliphatic heterocycles. The fourth-order valence-corrected chi connectivity index (χ4v) is 3.71. The molecule has 0 spiro atoms. The number of hydrogen-bond donors (Lipinski definition) is 5. The number of carboxylic acids is 1. The first-order chi connectivity index (χ1) is 16.6. The van der Waals surface area contributed by atoms with Crippen molar-refractivity contribution >= 4 is 17.8 Å². The van der Waals surface area contributed by atoms with Gasteiger partial charge in [-0.3, -0.25) is 9.59 Å². The van der Waals surface area contributed by atoms with E-state index in [1.54, 1.807) is 13.8 Å². The molecule has 0 saturated carbocycles. The van der Waals surface area contributed by atoms with Crippen LogP contribution in [0.1, 0.15) is 111 Å². The Morgan fingerprint density at radius 3 is 2.09 bits per heavy atom. The summed E-state index contributed by atoms with van der Waals surface area (Å²) in [4.78, 5) is 35.7. The second kappa shape index (κ2) is 20.3. The van der Waals surface area contributed by atoms with E-state index in [1.807, 2.05) is 0 Å². The summed E-state index contributed by atoms with van der Waals surface area (Å²) in [6, 6.07) is -2.30. The maximum absolute atomic E-state index is 12.2. The van der Waals surface area contributed by atoms with Crippen molar-refractivity contribution in [1.29, 1.82) is 0 Å². The minimum atomic E-state index is -1.42. The number of carbonyl (C=O) groups excluding carboxylic acids is 2. The van der Waals surface area contributed by atoms with Crippen LogP contribution in [0.25, 0.3) is 0 Å². The smallest absolute Gasteiger partial charge is 0.328 e. The van der Waals surface area contributed by atoms with E-state index in [0.717, 1.165) is 57.8 Å². The Labute approximate surface area is 212 Å². The average molecular weight is 499 g/mol. The van der Waals surface area contributed by atoms with Crippen LogP contribution in [0.3, 0.4) is 0 Å². The van der Waals surface area contributed by atoms with Crippen molar-refractivity contribution in [3.8, 4) is 0 Å². The number of carbonyl (C=O) groups is 3. The third-order valence-electron chi connectivity index (χ3n) is 6.10. The minimum absolute atomic E-state index is 0.228. The zero-order chi connectivity index (χ0) is 26.6. The highest BCUT2D eigenvalue weighted by atomic mass is 16.4. The molecule has 0 aliphatic rings. The number of aliphatic carboxylic acids is 1. The minimum Gasteiger partial charge on any atom is -0.480 e. The van der Waals surface area contributed by atoms with E-state index in [-0.39, 0.29) is 17.9 Å². The summed E-state index contributed by atoms with van der Waals surface area (Å²) >= 11 is 0. The third-order valence-corrected chi connectivity index (χ3v) is 6.10. The van der Waals surface area contributed by atoms with Gasteiger partial charge in [0.25, 0.3) is 0 Å². The van der Waals surface area contributed by atoms with Crippen LogP contribution in [0.5, 0.6) is 0 Å². The topological polar surface area (TPSA) is 136 Å². The van der Waals surface area contributed by atoms with E-state index >= 15 is 0 Å². The zero-order valence-electron chi connectivity index (χ0n) is 22.3. The van der Waals surface area contributed by atoms with E-state index in [1.165, 1.54) is 26.2 Å². The first kappa shape index (κ1) is 33.1. The van der Waals surface area contributed by atoms with Crippen LogP contribution >= 0.6 is 0 Å². The van der Waals surface area contributed by atoms with Crippen molar-refractivity contribution in [1.82, 2.24) is 10.6 Å². The van der Waals surface area contributed by atoms with Crippen LogP contribution in [0, 0.1) is 5.92 Å². The first-order valence-electron chi connectivity index (χ1n) is 13.4. The number of rotatable bonds is 21. The van der Waals surface area contributed by atoms with Gasteiger partial charge in [0.1, 0.15) is 6.04 Å². The highest BCUT2D eigenvalue weighted by Crippen LogP contribution is 2.11. The van der Waals surface area contributed by atoms with Crippen molar-refractivity contribution in [2.75, 3.05) is 0 Å². The molecule has 0 aromatic rings. The van der Waals surface area contributed by atoms with Crippen LogP contribution in [-0.2, 0) is 14.4 Å². The molecule has 0 radical (unpaired) electrons. The van der Waals surface area contributed by atoms with Crippen molar-refractivity contribution < 1.29 is 29.7 Å². The highest BCUT2D eigenvalue weighted by molar-refractivity contribution is 5.90. The molecule has 4 atom stereocenters. The number of aliphatic hydroxyl groups is 2. The molecule has 0 aromatic heterocycles. The van der Waals surface area contributed by atoms with Gasteiger partial charge in [-0.25, -0.2) is 4.79 Å². The Kier molecular flexibility index (Phi) is 19.2. The standard InChI is InChI=1S/C27H50N2O6/c1-5-6-7-14-17-22(30)18-15-12-10-8-9-11-13-16-19-23(31)28-21(4)26(33)29-24(27(34)35)25(32)20(2)3/h12,15,20-22,24-25,30,32H,5-11,13-14,16-19H2,1-4H3,(H,28,31)(H,29,33)(H,34,35)/b15-12-/t21?,22-,24+,25?/m1/s1. The first-order valence-corrected chi connectivity index (χ1v) is 13.4. The van der Waals surface area contributed by atoms with Crippen LogP contribution in [-0.4, -0.2) is 57.4 Å². The summed E-state index contributed by atoms with van der Waals surface area (Å²) in [6.07, 6.45) is 15.3. The average Bonchev–Trinajstić information content (AvgIpc) is 2.80. The van der Waals surface area contributed by atoms with Gasteiger partial charge < -0.3 is 26.0 Å². The van der Waals surface area contributed by atoms with Crippen LogP contribution in [0.2, 0.25) is 0 Å². The molecule has 0 aliphatic carbocycles. The van der Waals surface area contributed by atoms with Gasteiger partial charge in [0.2, 0.25) is 11.8 Å². The molecule has 8 nitrogen and oxygen atoms in total. The molecule has 5 N–H and O–H groups in total. The van der Waals surface area contributed by atoms with Gasteiger partial charge in [0.05, 0.1) is 12.2 Å². The number of unbranched alkanes of at least 4 members (excludes halogenated alkanes) is 8. The lowest BCUT2D eigenvalue weighted by Crippen LogP contribution is -2.55. The molecular weight excluding hydrogens is 448 g/mol. The van der Waals surface area contributed by atoms with Crippen LogP contribution < -0.4 is 10.6 Å². The van der Waals surface area contributed by atoms with Gasteiger partial charge >= 0.3 is 5.97 Å². The lowest BCUT2D eigenvalue weighted by atomic mass is 9.99. The van der Waals surface area contributed by atoms with Gasteiger partial charge in [0, 0.05) is 6.42 Å². The Balaban J connectivity index is 3.90. The summed E-state index contributed by atoms with van der Waals surface area (Å²) in [6.45, 7) is 7.00. The third kappa shape index (κ3) is 17.2. The van der Waals surface area contributed by atoms with E-state index in [9.17, 15) is 29.7 Å². The maximum Gasteiger partial charge on any atom is 0.328 e. The van der Waals surface area contributed by atoms with E-state index < -0.39 is 30.1 Å². The van der Waals surface area contributed by atoms with Crippen LogP contribution in [0.15, 0.2) is 12.2 Å². The van der Waals surface area contributed by atoms with Crippen molar-refractivity contribution in [3.63, 3.8) is 0 Å². The monoisotopic (exact) mass is 498 g/mol. The van der Waals surface area contributed by atoms with Crippen molar-refractivity contribution in [2.45, 2.75) is 135 Å². The van der Waals surface area contributed by atoms with Gasteiger partial charge in [0.15, 0.2) is 6.04 Å². The van der Waals surface area contributed by atoms with Crippen molar-refractivity contribution in [2.24, 2.45) is 5.92 Å². The second-order valence-electron chi connectivity index (χ2n) is 9.87. The number of amides is 2. The van der Waals surface area contributed by atoms with E-state index in [2.05, 4.69) is 29.7 Å². The molecule has 8 heteroatoms. The van der Waals surface area contributed by atoms with Crippen LogP contribution in [0.4, 0.5) is 0 Å². The Morgan fingerprint density at radius 1 is 0.829 bits per heavy atom. The molecule has 204 valence electrons. The van der Waals surface area contributed by atoms with E-state index in [0.29, 0.717) is 6.42 Å². The summed E-state index contributed by atoms with van der Waals surface area (Å²) in [7, 11) is 0. The van der Waals surface area contributed by atoms with Gasteiger partial charge in [-0.15, -0.1) is 0 Å². The molecule has 0 aromatic carbocycles. The number of nitrogens with one attached hydrogen (secondary N) is 2. The fraction of sp³-hybridized carbons (Fsp3) is 0.815. The molecule has 0 heterocycles. The summed E-state index contributed by atoms with van der Waals surface area (Å²) in [5.41, 5.74) is 0. The number of hydrogen-bond acceptors (Lipinski definition) is 5. The molecule has 0 rings (SSSR count). The molecule has 0 bridgehead atoms. The molecular formula is C27H50N2O6. The Hall–Kier alpha value is -1.93. The lowest BCUT2D eigenvalue weighted by molar-refractivity contribution is -0.146. The van der Waals surface area contributed by atoms with Gasteiger partial charge in [-0.1, -0.05) is 77.9 Å². The fourth-order valence-electron chi connectivity index (χ4n) is 3.71.